The minimum absolute atomic E-state index is 0.00248. The van der Waals surface area contributed by atoms with Crippen molar-refractivity contribution in [3.05, 3.63) is 51.7 Å². The molecule has 1 aromatic carbocycles. The molecule has 1 aromatic heterocycles. The number of hydrogen-bond donors (Lipinski definition) is 0. The second-order valence-corrected chi connectivity index (χ2v) is 7.44. The van der Waals surface area contributed by atoms with Crippen LogP contribution in [0.15, 0.2) is 35.7 Å². The summed E-state index contributed by atoms with van der Waals surface area (Å²) in [5, 5.41) is 2.11. The number of ether oxygens (including phenoxy) is 1. The maximum Gasteiger partial charge on any atom is 0.223 e. The second kappa shape index (κ2) is 8.49. The number of rotatable bonds is 7. The molecule has 0 bridgehead atoms. The third-order valence-electron chi connectivity index (χ3n) is 4.86. The Morgan fingerprint density at radius 1 is 1.15 bits per heavy atom. The molecule has 1 atom stereocenters. The highest BCUT2D eigenvalue weighted by atomic mass is 32.1. The van der Waals surface area contributed by atoms with E-state index in [0.29, 0.717) is 12.2 Å². The van der Waals surface area contributed by atoms with Crippen LogP contribution in [0, 0.1) is 0 Å². The third kappa shape index (κ3) is 3.98. The van der Waals surface area contributed by atoms with Gasteiger partial charge in [0.25, 0.3) is 0 Å². The standard InChI is InChI=1S/C21H25NO3S/c1-3-18-17-12-14-26-20(17)11-13-22(18)21(24)10-9-19(23)15-5-7-16(8-6-15)25-4-2/h5-8,12,14,18H,3-4,9-11,13H2,1-2H3. The summed E-state index contributed by atoms with van der Waals surface area (Å²) in [5.74, 6) is 0.835. The highest BCUT2D eigenvalue weighted by Crippen LogP contribution is 2.35. The van der Waals surface area contributed by atoms with E-state index in [-0.39, 0.29) is 30.6 Å². The van der Waals surface area contributed by atoms with Crippen molar-refractivity contribution in [1.82, 2.24) is 4.90 Å². The molecule has 0 aliphatic carbocycles. The predicted octanol–water partition coefficient (Wildman–Crippen LogP) is 4.65. The van der Waals surface area contributed by atoms with Crippen LogP contribution in [0.5, 0.6) is 5.75 Å². The summed E-state index contributed by atoms with van der Waals surface area (Å²) < 4.78 is 5.39. The van der Waals surface area contributed by atoms with Gasteiger partial charge in [0, 0.05) is 29.8 Å². The molecule has 4 nitrogen and oxygen atoms in total. The van der Waals surface area contributed by atoms with Gasteiger partial charge in [-0.1, -0.05) is 6.92 Å². The Hall–Kier alpha value is -2.14. The van der Waals surface area contributed by atoms with Crippen LogP contribution >= 0.6 is 11.3 Å². The molecule has 1 aliphatic heterocycles. The molecule has 138 valence electrons. The molecule has 2 aromatic rings. The Kier molecular flexibility index (Phi) is 6.09. The van der Waals surface area contributed by atoms with Crippen molar-refractivity contribution in [1.29, 1.82) is 0 Å². The molecular weight excluding hydrogens is 346 g/mol. The Morgan fingerprint density at radius 3 is 2.62 bits per heavy atom. The van der Waals surface area contributed by atoms with Crippen LogP contribution in [0.3, 0.4) is 0 Å². The zero-order valence-corrected chi connectivity index (χ0v) is 16.2. The Labute approximate surface area is 158 Å². The average molecular weight is 372 g/mol. The highest BCUT2D eigenvalue weighted by molar-refractivity contribution is 7.10. The first-order valence-corrected chi connectivity index (χ1v) is 10.1. The summed E-state index contributed by atoms with van der Waals surface area (Å²) in [6.45, 7) is 5.39. The van der Waals surface area contributed by atoms with Gasteiger partial charge in [0.2, 0.25) is 5.91 Å². The summed E-state index contributed by atoms with van der Waals surface area (Å²) in [4.78, 5) is 28.5. The van der Waals surface area contributed by atoms with E-state index >= 15 is 0 Å². The molecule has 2 heterocycles. The van der Waals surface area contributed by atoms with Crippen molar-refractivity contribution in [3.8, 4) is 5.75 Å². The summed E-state index contributed by atoms with van der Waals surface area (Å²) in [5.41, 5.74) is 1.92. The lowest BCUT2D eigenvalue weighted by Gasteiger charge is -2.35. The van der Waals surface area contributed by atoms with E-state index in [9.17, 15) is 9.59 Å². The number of fused-ring (bicyclic) bond motifs is 1. The van der Waals surface area contributed by atoms with Crippen molar-refractivity contribution in [2.24, 2.45) is 0 Å². The molecule has 0 saturated carbocycles. The van der Waals surface area contributed by atoms with Crippen molar-refractivity contribution in [2.75, 3.05) is 13.2 Å². The molecule has 26 heavy (non-hydrogen) atoms. The SMILES string of the molecule is CCOc1ccc(C(=O)CCC(=O)N2CCc3sccc3C2CC)cc1. The Morgan fingerprint density at radius 2 is 1.92 bits per heavy atom. The minimum atomic E-state index is 0.00248. The predicted molar refractivity (Wildman–Crippen MR) is 104 cm³/mol. The normalized spacial score (nSPS) is 16.2. The molecule has 0 spiro atoms. The first kappa shape index (κ1) is 18.6. The summed E-state index contributed by atoms with van der Waals surface area (Å²) in [6.07, 6.45) is 2.34. The first-order chi connectivity index (χ1) is 12.6. The average Bonchev–Trinajstić information content (AvgIpc) is 3.14. The van der Waals surface area contributed by atoms with Gasteiger partial charge in [-0.25, -0.2) is 0 Å². The van der Waals surface area contributed by atoms with Gasteiger partial charge in [0.1, 0.15) is 5.75 Å². The maximum absolute atomic E-state index is 12.7. The van der Waals surface area contributed by atoms with E-state index in [2.05, 4.69) is 18.4 Å². The van der Waals surface area contributed by atoms with Gasteiger partial charge in [-0.3, -0.25) is 9.59 Å². The lowest BCUT2D eigenvalue weighted by molar-refractivity contribution is -0.134. The highest BCUT2D eigenvalue weighted by Gasteiger charge is 2.30. The van der Waals surface area contributed by atoms with Crippen LogP contribution < -0.4 is 4.74 Å². The van der Waals surface area contributed by atoms with Gasteiger partial charge in [-0.2, -0.15) is 0 Å². The number of amides is 1. The number of ketones is 1. The Bertz CT molecular complexity index is 766. The van der Waals surface area contributed by atoms with Crippen LogP contribution in [-0.4, -0.2) is 29.7 Å². The number of carbonyl (C=O) groups is 2. The van der Waals surface area contributed by atoms with Gasteiger partial charge in [-0.05, 0) is 61.0 Å². The lowest BCUT2D eigenvalue weighted by atomic mass is 9.97. The van der Waals surface area contributed by atoms with Gasteiger partial charge in [-0.15, -0.1) is 11.3 Å². The molecule has 0 N–H and O–H groups in total. The molecule has 1 amide bonds. The fourth-order valence-electron chi connectivity index (χ4n) is 3.55. The van der Waals surface area contributed by atoms with E-state index in [1.807, 2.05) is 11.8 Å². The maximum atomic E-state index is 12.7. The summed E-state index contributed by atoms with van der Waals surface area (Å²) in [6, 6.07) is 9.43. The van der Waals surface area contributed by atoms with Gasteiger partial charge < -0.3 is 9.64 Å². The van der Waals surface area contributed by atoms with Crippen LogP contribution in [0.4, 0.5) is 0 Å². The lowest BCUT2D eigenvalue weighted by Crippen LogP contribution is -2.39. The smallest absolute Gasteiger partial charge is 0.223 e. The van der Waals surface area contributed by atoms with Gasteiger partial charge >= 0.3 is 0 Å². The summed E-state index contributed by atoms with van der Waals surface area (Å²) >= 11 is 1.78. The fourth-order valence-corrected chi connectivity index (χ4v) is 4.48. The molecule has 5 heteroatoms. The van der Waals surface area contributed by atoms with Crippen molar-refractivity contribution in [3.63, 3.8) is 0 Å². The molecule has 3 rings (SSSR count). The van der Waals surface area contributed by atoms with Gasteiger partial charge in [0.05, 0.1) is 12.6 Å². The number of carbonyl (C=O) groups excluding carboxylic acids is 2. The third-order valence-corrected chi connectivity index (χ3v) is 5.85. The zero-order valence-electron chi connectivity index (χ0n) is 15.4. The number of Topliss-reactive ketones (excluding diaryl/α,β-unsaturated/α-hetero) is 1. The molecule has 0 radical (unpaired) electrons. The van der Waals surface area contributed by atoms with Crippen LogP contribution in [0.1, 0.15) is 60.0 Å². The number of thiophene rings is 1. The molecule has 0 saturated heterocycles. The topological polar surface area (TPSA) is 46.6 Å². The molecular formula is C21H25NO3S. The van der Waals surface area contributed by atoms with Crippen molar-refractivity contribution >= 4 is 23.0 Å². The zero-order chi connectivity index (χ0) is 18.5. The largest absolute Gasteiger partial charge is 0.494 e. The monoisotopic (exact) mass is 371 g/mol. The number of benzene rings is 1. The molecule has 1 unspecified atom stereocenters. The van der Waals surface area contributed by atoms with Crippen molar-refractivity contribution in [2.45, 2.75) is 45.6 Å². The van der Waals surface area contributed by atoms with Crippen molar-refractivity contribution < 1.29 is 14.3 Å². The summed E-state index contributed by atoms with van der Waals surface area (Å²) in [7, 11) is 0. The van der Waals surface area contributed by atoms with Crippen LogP contribution in [0.2, 0.25) is 0 Å². The van der Waals surface area contributed by atoms with E-state index in [0.717, 1.165) is 25.1 Å². The number of nitrogens with zero attached hydrogens (tertiary/aromatic N) is 1. The first-order valence-electron chi connectivity index (χ1n) is 9.25. The molecule has 1 aliphatic rings. The van der Waals surface area contributed by atoms with E-state index in [1.54, 1.807) is 35.6 Å². The number of hydrogen-bond acceptors (Lipinski definition) is 4. The Balaban J connectivity index is 1.59. The fraction of sp³-hybridized carbons (Fsp3) is 0.429. The van der Waals surface area contributed by atoms with E-state index in [1.165, 1.54) is 10.4 Å². The van der Waals surface area contributed by atoms with Gasteiger partial charge in [0.15, 0.2) is 5.78 Å². The second-order valence-electron chi connectivity index (χ2n) is 6.44. The quantitative estimate of drug-likeness (QED) is 0.666. The van der Waals surface area contributed by atoms with Crippen LogP contribution in [0.25, 0.3) is 0 Å². The van der Waals surface area contributed by atoms with E-state index in [4.69, 9.17) is 4.74 Å². The van der Waals surface area contributed by atoms with Crippen LogP contribution in [-0.2, 0) is 11.2 Å². The van der Waals surface area contributed by atoms with E-state index < -0.39 is 0 Å². The minimum Gasteiger partial charge on any atom is -0.494 e. The molecule has 0 fully saturated rings.